The zero-order chi connectivity index (χ0) is 14.6. The summed E-state index contributed by atoms with van der Waals surface area (Å²) in [6.07, 6.45) is -0.0258. The SMILES string of the molecule is CC(=O)N(O)CCC(c1ccc(Br)cc1)P(=O)(O)O. The van der Waals surface area contributed by atoms with Gasteiger partial charge in [-0.25, -0.2) is 5.06 Å². The first kappa shape index (κ1) is 16.3. The molecule has 0 bridgehead atoms. The standard InChI is InChI=1S/C11H15BrNO5P/c1-8(14)13(15)7-6-11(19(16,17)18)9-2-4-10(12)5-3-9/h2-5,11,15H,6-7H2,1H3,(H2,16,17,18). The monoisotopic (exact) mass is 351 g/mol. The quantitative estimate of drug-likeness (QED) is 0.429. The summed E-state index contributed by atoms with van der Waals surface area (Å²) in [6, 6.07) is 6.56. The highest BCUT2D eigenvalue weighted by atomic mass is 79.9. The van der Waals surface area contributed by atoms with E-state index in [9.17, 15) is 24.4 Å². The summed E-state index contributed by atoms with van der Waals surface area (Å²) in [6.45, 7) is 1.04. The number of hydroxylamine groups is 2. The number of amides is 1. The summed E-state index contributed by atoms with van der Waals surface area (Å²) in [5.41, 5.74) is -0.580. The number of hydrogen-bond acceptors (Lipinski definition) is 3. The van der Waals surface area contributed by atoms with Gasteiger partial charge in [0.1, 0.15) is 0 Å². The maximum Gasteiger partial charge on any atom is 0.333 e. The number of rotatable bonds is 5. The van der Waals surface area contributed by atoms with Gasteiger partial charge >= 0.3 is 7.60 Å². The van der Waals surface area contributed by atoms with Crippen molar-refractivity contribution in [3.8, 4) is 0 Å². The predicted octanol–water partition coefficient (Wildman–Crippen LogP) is 2.30. The van der Waals surface area contributed by atoms with Crippen LogP contribution in [0.15, 0.2) is 28.7 Å². The summed E-state index contributed by atoms with van der Waals surface area (Å²) in [7, 11) is -4.36. The largest absolute Gasteiger partial charge is 0.333 e. The Morgan fingerprint density at radius 2 is 1.89 bits per heavy atom. The summed E-state index contributed by atoms with van der Waals surface area (Å²) in [4.78, 5) is 29.6. The fourth-order valence-electron chi connectivity index (χ4n) is 1.62. The topological polar surface area (TPSA) is 98.1 Å². The Hall–Kier alpha value is -0.720. The molecular weight excluding hydrogens is 337 g/mol. The fourth-order valence-corrected chi connectivity index (χ4v) is 2.89. The number of carbonyl (C=O) groups is 1. The van der Waals surface area contributed by atoms with Crippen LogP contribution in [0.4, 0.5) is 0 Å². The highest BCUT2D eigenvalue weighted by molar-refractivity contribution is 9.10. The van der Waals surface area contributed by atoms with Crippen molar-refractivity contribution < 1.29 is 24.4 Å². The minimum atomic E-state index is -4.36. The Morgan fingerprint density at radius 3 is 2.32 bits per heavy atom. The molecule has 1 rings (SSSR count). The lowest BCUT2D eigenvalue weighted by Gasteiger charge is -2.21. The normalized spacial score (nSPS) is 13.1. The van der Waals surface area contributed by atoms with Gasteiger partial charge in [-0.1, -0.05) is 28.1 Å². The van der Waals surface area contributed by atoms with Gasteiger partial charge in [-0.3, -0.25) is 14.6 Å². The molecule has 19 heavy (non-hydrogen) atoms. The third kappa shape index (κ3) is 5.04. The highest BCUT2D eigenvalue weighted by Crippen LogP contribution is 2.53. The van der Waals surface area contributed by atoms with Gasteiger partial charge in [0.2, 0.25) is 5.91 Å². The van der Waals surface area contributed by atoms with Gasteiger partial charge in [-0.2, -0.15) is 0 Å². The zero-order valence-corrected chi connectivity index (χ0v) is 12.7. The number of hydrogen-bond donors (Lipinski definition) is 3. The van der Waals surface area contributed by atoms with E-state index in [2.05, 4.69) is 15.9 Å². The summed E-state index contributed by atoms with van der Waals surface area (Å²) >= 11 is 3.24. The fraction of sp³-hybridized carbons (Fsp3) is 0.364. The molecule has 8 heteroatoms. The molecule has 1 amide bonds. The predicted molar refractivity (Wildman–Crippen MR) is 72.7 cm³/mol. The molecule has 0 aromatic heterocycles. The number of halogens is 1. The van der Waals surface area contributed by atoms with Crippen molar-refractivity contribution in [1.82, 2.24) is 5.06 Å². The van der Waals surface area contributed by atoms with E-state index in [1.54, 1.807) is 24.3 Å². The molecular formula is C11H15BrNO5P. The van der Waals surface area contributed by atoms with E-state index < -0.39 is 19.2 Å². The van der Waals surface area contributed by atoms with E-state index in [0.29, 0.717) is 10.6 Å². The molecule has 1 atom stereocenters. The number of carbonyl (C=O) groups excluding carboxylic acids is 1. The Bertz CT molecular complexity index is 486. The van der Waals surface area contributed by atoms with Crippen LogP contribution in [-0.4, -0.2) is 32.5 Å². The summed E-state index contributed by atoms with van der Waals surface area (Å²) < 4.78 is 12.3. The molecule has 0 saturated carbocycles. The number of benzene rings is 1. The van der Waals surface area contributed by atoms with Gasteiger partial charge < -0.3 is 9.79 Å². The van der Waals surface area contributed by atoms with E-state index in [-0.39, 0.29) is 13.0 Å². The number of nitrogens with zero attached hydrogens (tertiary/aromatic N) is 1. The molecule has 0 aliphatic heterocycles. The zero-order valence-electron chi connectivity index (χ0n) is 10.2. The van der Waals surface area contributed by atoms with Crippen LogP contribution in [0.3, 0.4) is 0 Å². The minimum Gasteiger partial charge on any atom is -0.324 e. The minimum absolute atomic E-state index is 0.0258. The lowest BCUT2D eigenvalue weighted by Crippen LogP contribution is -2.26. The molecule has 0 aliphatic carbocycles. The van der Waals surface area contributed by atoms with Crippen LogP contribution in [0.1, 0.15) is 24.6 Å². The smallest absolute Gasteiger partial charge is 0.324 e. The van der Waals surface area contributed by atoms with Crippen molar-refractivity contribution in [3.05, 3.63) is 34.3 Å². The van der Waals surface area contributed by atoms with Gasteiger partial charge in [0.05, 0.1) is 5.66 Å². The van der Waals surface area contributed by atoms with E-state index in [4.69, 9.17) is 0 Å². The van der Waals surface area contributed by atoms with Gasteiger partial charge in [-0.15, -0.1) is 0 Å². The Morgan fingerprint density at radius 1 is 1.37 bits per heavy atom. The average molecular weight is 352 g/mol. The van der Waals surface area contributed by atoms with E-state index in [1.807, 2.05) is 0 Å². The van der Waals surface area contributed by atoms with Gasteiger partial charge in [0, 0.05) is 17.9 Å². The van der Waals surface area contributed by atoms with Gasteiger partial charge in [-0.05, 0) is 24.1 Å². The molecule has 1 unspecified atom stereocenters. The second kappa shape index (κ2) is 6.63. The van der Waals surface area contributed by atoms with Crippen molar-refractivity contribution in [1.29, 1.82) is 0 Å². The van der Waals surface area contributed by atoms with Crippen LogP contribution in [0.5, 0.6) is 0 Å². The van der Waals surface area contributed by atoms with Crippen LogP contribution in [0.2, 0.25) is 0 Å². The first-order chi connectivity index (χ1) is 8.71. The molecule has 0 heterocycles. The van der Waals surface area contributed by atoms with E-state index in [0.717, 1.165) is 4.47 Å². The summed E-state index contributed by atoms with van der Waals surface area (Å²) in [5.74, 6) is -0.569. The van der Waals surface area contributed by atoms with Crippen LogP contribution in [-0.2, 0) is 9.36 Å². The summed E-state index contributed by atoms with van der Waals surface area (Å²) in [5, 5.41) is 9.70. The van der Waals surface area contributed by atoms with Crippen LogP contribution < -0.4 is 0 Å². The molecule has 0 radical (unpaired) electrons. The first-order valence-corrected chi connectivity index (χ1v) is 7.97. The lowest BCUT2D eigenvalue weighted by molar-refractivity contribution is -0.162. The van der Waals surface area contributed by atoms with Crippen LogP contribution in [0, 0.1) is 0 Å². The average Bonchev–Trinajstić information content (AvgIpc) is 2.29. The molecule has 3 N–H and O–H groups in total. The maximum absolute atomic E-state index is 11.5. The molecule has 0 spiro atoms. The van der Waals surface area contributed by atoms with Crippen molar-refractivity contribution in [3.63, 3.8) is 0 Å². The van der Waals surface area contributed by atoms with Crippen molar-refractivity contribution in [2.45, 2.75) is 19.0 Å². The van der Waals surface area contributed by atoms with E-state index in [1.165, 1.54) is 6.92 Å². The van der Waals surface area contributed by atoms with Crippen molar-refractivity contribution in [2.75, 3.05) is 6.54 Å². The third-order valence-corrected chi connectivity index (χ3v) is 4.54. The van der Waals surface area contributed by atoms with E-state index >= 15 is 0 Å². The molecule has 1 aromatic rings. The highest BCUT2D eigenvalue weighted by Gasteiger charge is 2.30. The van der Waals surface area contributed by atoms with Gasteiger partial charge in [0.15, 0.2) is 0 Å². The molecule has 1 aromatic carbocycles. The Balaban J connectivity index is 2.88. The molecule has 0 fully saturated rings. The maximum atomic E-state index is 11.5. The molecule has 106 valence electrons. The Labute approximate surface area is 119 Å². The van der Waals surface area contributed by atoms with Crippen LogP contribution in [0.25, 0.3) is 0 Å². The second-order valence-corrected chi connectivity index (χ2v) is 6.80. The first-order valence-electron chi connectivity index (χ1n) is 5.49. The second-order valence-electron chi connectivity index (χ2n) is 4.09. The van der Waals surface area contributed by atoms with Crippen LogP contribution >= 0.6 is 23.5 Å². The third-order valence-electron chi connectivity index (χ3n) is 2.64. The molecule has 0 saturated heterocycles. The Kier molecular flexibility index (Phi) is 5.70. The molecule has 6 nitrogen and oxygen atoms in total. The molecule has 0 aliphatic rings. The lowest BCUT2D eigenvalue weighted by atomic mass is 10.1. The van der Waals surface area contributed by atoms with Gasteiger partial charge in [0.25, 0.3) is 0 Å². The van der Waals surface area contributed by atoms with Crippen molar-refractivity contribution in [2.24, 2.45) is 0 Å². The van der Waals surface area contributed by atoms with Crippen molar-refractivity contribution >= 4 is 29.4 Å².